The topological polar surface area (TPSA) is 12.4 Å². The van der Waals surface area contributed by atoms with Crippen molar-refractivity contribution >= 4 is 5.71 Å². The van der Waals surface area contributed by atoms with E-state index in [0.29, 0.717) is 5.92 Å². The third-order valence-electron chi connectivity index (χ3n) is 2.00. The summed E-state index contributed by atoms with van der Waals surface area (Å²) in [6.45, 7) is 8.76. The van der Waals surface area contributed by atoms with Crippen LogP contribution >= 0.6 is 0 Å². The van der Waals surface area contributed by atoms with Crippen molar-refractivity contribution in [2.45, 2.75) is 39.7 Å². The smallest absolute Gasteiger partial charge is 0.0557 e. The zero-order valence-corrected chi connectivity index (χ0v) is 6.73. The van der Waals surface area contributed by atoms with E-state index in [0.717, 1.165) is 0 Å². The average molecular weight is 125 g/mol. The molecular weight excluding hydrogens is 110 g/mol. The predicted molar refractivity (Wildman–Crippen MR) is 41.0 cm³/mol. The van der Waals surface area contributed by atoms with E-state index in [2.05, 4.69) is 32.7 Å². The Labute approximate surface area is 57.2 Å². The number of aliphatic imine (C=N–C) groups is 1. The van der Waals surface area contributed by atoms with Crippen LogP contribution in [0.4, 0.5) is 0 Å². The molecule has 0 N–H and O–H groups in total. The van der Waals surface area contributed by atoms with E-state index >= 15 is 0 Å². The first-order valence-corrected chi connectivity index (χ1v) is 3.58. The third kappa shape index (κ3) is 1.32. The Morgan fingerprint density at radius 3 is 2.22 bits per heavy atom. The molecule has 1 aliphatic heterocycles. The first-order valence-electron chi connectivity index (χ1n) is 3.58. The van der Waals surface area contributed by atoms with Crippen molar-refractivity contribution in [1.29, 1.82) is 0 Å². The van der Waals surface area contributed by atoms with Crippen molar-refractivity contribution in [3.63, 3.8) is 0 Å². The van der Waals surface area contributed by atoms with Gasteiger partial charge in [0.15, 0.2) is 0 Å². The van der Waals surface area contributed by atoms with Gasteiger partial charge < -0.3 is 0 Å². The molecule has 0 saturated carbocycles. The monoisotopic (exact) mass is 125 g/mol. The molecule has 1 rings (SSSR count). The van der Waals surface area contributed by atoms with Crippen LogP contribution < -0.4 is 0 Å². The summed E-state index contributed by atoms with van der Waals surface area (Å²) in [6, 6.07) is 0. The van der Waals surface area contributed by atoms with Gasteiger partial charge in [0.2, 0.25) is 0 Å². The summed E-state index contributed by atoms with van der Waals surface area (Å²) in [5.41, 5.74) is 1.55. The normalized spacial score (nSPS) is 32.4. The molecule has 0 amide bonds. The van der Waals surface area contributed by atoms with Gasteiger partial charge in [-0.25, -0.2) is 0 Å². The molecule has 1 heterocycles. The van der Waals surface area contributed by atoms with Crippen LogP contribution in [0.25, 0.3) is 0 Å². The predicted octanol–water partition coefficient (Wildman–Crippen LogP) is 2.27. The molecule has 0 aromatic heterocycles. The highest BCUT2D eigenvalue weighted by atomic mass is 14.9. The largest absolute Gasteiger partial charge is 0.288 e. The lowest BCUT2D eigenvalue weighted by molar-refractivity contribution is 0.479. The van der Waals surface area contributed by atoms with Gasteiger partial charge in [0.1, 0.15) is 0 Å². The molecule has 0 spiro atoms. The summed E-state index contributed by atoms with van der Waals surface area (Å²) in [5.74, 6) is 0.708. The molecule has 0 aromatic carbocycles. The number of rotatable bonds is 0. The van der Waals surface area contributed by atoms with Gasteiger partial charge >= 0.3 is 0 Å². The lowest BCUT2D eigenvalue weighted by atomic mass is 9.95. The third-order valence-corrected chi connectivity index (χ3v) is 2.00. The van der Waals surface area contributed by atoms with E-state index in [4.69, 9.17) is 0 Å². The highest BCUT2D eigenvalue weighted by molar-refractivity contribution is 5.86. The first-order chi connectivity index (χ1) is 4.01. The van der Waals surface area contributed by atoms with Gasteiger partial charge in [0, 0.05) is 5.71 Å². The molecule has 1 atom stereocenters. The van der Waals surface area contributed by atoms with Gasteiger partial charge in [-0.15, -0.1) is 0 Å². The number of hydrogen-bond donors (Lipinski definition) is 0. The standard InChI is InChI=1S/C8H15N/c1-6-5-8(3,4)9-7(6)2/h6H,5H2,1-4H3. The molecule has 0 aromatic rings. The molecule has 1 nitrogen and oxygen atoms in total. The fourth-order valence-corrected chi connectivity index (χ4v) is 1.53. The van der Waals surface area contributed by atoms with Crippen molar-refractivity contribution in [3.05, 3.63) is 0 Å². The lowest BCUT2D eigenvalue weighted by Gasteiger charge is -2.12. The average Bonchev–Trinajstić information content (AvgIpc) is 1.79. The number of hydrogen-bond acceptors (Lipinski definition) is 1. The van der Waals surface area contributed by atoms with E-state index in [-0.39, 0.29) is 5.54 Å². The van der Waals surface area contributed by atoms with E-state index in [1.165, 1.54) is 12.1 Å². The summed E-state index contributed by atoms with van der Waals surface area (Å²) in [4.78, 5) is 4.52. The maximum Gasteiger partial charge on any atom is 0.0557 e. The minimum Gasteiger partial charge on any atom is -0.288 e. The molecule has 52 valence electrons. The Kier molecular flexibility index (Phi) is 1.38. The van der Waals surface area contributed by atoms with Crippen molar-refractivity contribution in [1.82, 2.24) is 0 Å². The highest BCUT2D eigenvalue weighted by Crippen LogP contribution is 2.28. The molecule has 0 fully saturated rings. The minimum atomic E-state index is 0.226. The fraction of sp³-hybridized carbons (Fsp3) is 0.875. The van der Waals surface area contributed by atoms with Crippen LogP contribution in [0.3, 0.4) is 0 Å². The summed E-state index contributed by atoms with van der Waals surface area (Å²) < 4.78 is 0. The highest BCUT2D eigenvalue weighted by Gasteiger charge is 2.27. The van der Waals surface area contributed by atoms with E-state index in [1.54, 1.807) is 0 Å². The second-order valence-electron chi connectivity index (χ2n) is 3.67. The maximum absolute atomic E-state index is 4.52. The van der Waals surface area contributed by atoms with E-state index in [9.17, 15) is 0 Å². The van der Waals surface area contributed by atoms with Crippen molar-refractivity contribution in [2.75, 3.05) is 0 Å². The summed E-state index contributed by atoms with van der Waals surface area (Å²) in [7, 11) is 0. The molecular formula is C8H15N. The van der Waals surface area contributed by atoms with Crippen LogP contribution in [0, 0.1) is 5.92 Å². The molecule has 1 unspecified atom stereocenters. The molecule has 1 aliphatic rings. The second-order valence-corrected chi connectivity index (χ2v) is 3.67. The van der Waals surface area contributed by atoms with Gasteiger partial charge in [0.25, 0.3) is 0 Å². The van der Waals surface area contributed by atoms with Crippen LogP contribution in [0.1, 0.15) is 34.1 Å². The Bertz CT molecular complexity index is 145. The Hall–Kier alpha value is -0.330. The van der Waals surface area contributed by atoms with Crippen LogP contribution in [0.2, 0.25) is 0 Å². The quantitative estimate of drug-likeness (QED) is 0.471. The number of nitrogens with zero attached hydrogens (tertiary/aromatic N) is 1. The summed E-state index contributed by atoms with van der Waals surface area (Å²) in [5, 5.41) is 0. The zero-order valence-electron chi connectivity index (χ0n) is 6.73. The van der Waals surface area contributed by atoms with Crippen molar-refractivity contribution < 1.29 is 0 Å². The fourth-order valence-electron chi connectivity index (χ4n) is 1.53. The van der Waals surface area contributed by atoms with Crippen LogP contribution in [0.15, 0.2) is 4.99 Å². The summed E-state index contributed by atoms with van der Waals surface area (Å²) in [6.07, 6.45) is 1.22. The summed E-state index contributed by atoms with van der Waals surface area (Å²) >= 11 is 0. The van der Waals surface area contributed by atoms with Gasteiger partial charge in [-0.1, -0.05) is 6.92 Å². The maximum atomic E-state index is 4.52. The Morgan fingerprint density at radius 2 is 2.11 bits per heavy atom. The van der Waals surface area contributed by atoms with Gasteiger partial charge in [-0.3, -0.25) is 4.99 Å². The molecule has 0 bridgehead atoms. The van der Waals surface area contributed by atoms with Crippen LogP contribution in [0.5, 0.6) is 0 Å². The van der Waals surface area contributed by atoms with Gasteiger partial charge in [-0.05, 0) is 33.1 Å². The van der Waals surface area contributed by atoms with E-state index < -0.39 is 0 Å². The molecule has 9 heavy (non-hydrogen) atoms. The Morgan fingerprint density at radius 1 is 1.56 bits per heavy atom. The zero-order chi connectivity index (χ0) is 7.07. The van der Waals surface area contributed by atoms with Crippen LogP contribution in [-0.2, 0) is 0 Å². The SMILES string of the molecule is CC1=NC(C)(C)CC1C. The van der Waals surface area contributed by atoms with Gasteiger partial charge in [-0.2, -0.15) is 0 Å². The molecule has 1 heteroatoms. The Balaban J connectivity index is 2.74. The molecule has 0 radical (unpaired) electrons. The molecule has 0 saturated heterocycles. The van der Waals surface area contributed by atoms with E-state index in [1.807, 2.05) is 0 Å². The minimum absolute atomic E-state index is 0.226. The van der Waals surface area contributed by atoms with Gasteiger partial charge in [0.05, 0.1) is 5.54 Å². The second kappa shape index (κ2) is 1.83. The van der Waals surface area contributed by atoms with Crippen molar-refractivity contribution in [2.24, 2.45) is 10.9 Å². The van der Waals surface area contributed by atoms with Crippen LogP contribution in [-0.4, -0.2) is 11.3 Å². The van der Waals surface area contributed by atoms with Crippen molar-refractivity contribution in [3.8, 4) is 0 Å². The first kappa shape index (κ1) is 6.79. The molecule has 0 aliphatic carbocycles. The lowest BCUT2D eigenvalue weighted by Crippen LogP contribution is -2.12.